The van der Waals surface area contributed by atoms with Crippen LogP contribution in [0.3, 0.4) is 0 Å². The molecule has 3 aromatic rings. The van der Waals surface area contributed by atoms with Crippen LogP contribution in [0.1, 0.15) is 36.8 Å². The fourth-order valence-corrected chi connectivity index (χ4v) is 5.22. The number of para-hydroxylation sites is 1. The van der Waals surface area contributed by atoms with Crippen LogP contribution in [0.25, 0.3) is 0 Å². The SMILES string of the molecule is [O]N1C2CCCCC2C(=Nc2ccccc2)C1(c1ccccc1)c1ccccc1. The Morgan fingerprint density at radius 3 is 1.83 bits per heavy atom. The molecule has 1 saturated carbocycles. The maximum Gasteiger partial charge on any atom is 0.138 e. The maximum absolute atomic E-state index is 14.1. The lowest BCUT2D eigenvalue weighted by Crippen LogP contribution is -2.46. The van der Waals surface area contributed by atoms with Crippen molar-refractivity contribution in [2.75, 3.05) is 0 Å². The van der Waals surface area contributed by atoms with Crippen LogP contribution in [-0.2, 0) is 10.7 Å². The standard InChI is InChI=1S/C26H25N2O/c29-28-24-19-11-10-18-23(24)25(27-22-16-8-3-9-17-22)26(28,20-12-4-1-5-13-20)21-14-6-2-7-15-21/h1-9,12-17,23-24H,10-11,18-19H2. The van der Waals surface area contributed by atoms with Gasteiger partial charge in [-0.1, -0.05) is 91.7 Å². The first-order chi connectivity index (χ1) is 14.3. The quantitative estimate of drug-likeness (QED) is 0.554. The lowest BCUT2D eigenvalue weighted by atomic mass is 9.75. The topological polar surface area (TPSA) is 35.5 Å². The van der Waals surface area contributed by atoms with E-state index >= 15 is 0 Å². The van der Waals surface area contributed by atoms with Gasteiger partial charge in [-0.25, -0.2) is 0 Å². The minimum Gasteiger partial charge on any atom is -0.255 e. The Balaban J connectivity index is 1.81. The summed E-state index contributed by atoms with van der Waals surface area (Å²) in [5.41, 5.74) is 3.05. The fraction of sp³-hybridized carbons (Fsp3) is 0.269. The molecule has 1 radical (unpaired) electrons. The van der Waals surface area contributed by atoms with Crippen molar-refractivity contribution in [3.63, 3.8) is 0 Å². The second kappa shape index (κ2) is 7.58. The van der Waals surface area contributed by atoms with E-state index in [4.69, 9.17) is 4.99 Å². The molecular weight excluding hydrogens is 356 g/mol. The predicted octanol–water partition coefficient (Wildman–Crippen LogP) is 5.92. The summed E-state index contributed by atoms with van der Waals surface area (Å²) in [6, 6.07) is 30.5. The van der Waals surface area contributed by atoms with Gasteiger partial charge in [-0.05, 0) is 36.1 Å². The molecule has 2 fully saturated rings. The third-order valence-corrected chi connectivity index (χ3v) is 6.47. The molecule has 29 heavy (non-hydrogen) atoms. The van der Waals surface area contributed by atoms with Gasteiger partial charge in [0.2, 0.25) is 0 Å². The third kappa shape index (κ3) is 2.93. The van der Waals surface area contributed by atoms with E-state index in [0.29, 0.717) is 0 Å². The van der Waals surface area contributed by atoms with E-state index in [1.807, 2.05) is 66.7 Å². The minimum absolute atomic E-state index is 0.0216. The Kier molecular flexibility index (Phi) is 4.78. The number of rotatable bonds is 3. The van der Waals surface area contributed by atoms with Crippen molar-refractivity contribution in [1.82, 2.24) is 5.06 Å². The van der Waals surface area contributed by atoms with Crippen LogP contribution in [0.4, 0.5) is 5.69 Å². The van der Waals surface area contributed by atoms with Crippen LogP contribution in [0.15, 0.2) is 96.0 Å². The number of hydroxylamine groups is 2. The van der Waals surface area contributed by atoms with E-state index in [-0.39, 0.29) is 12.0 Å². The highest BCUT2D eigenvalue weighted by Crippen LogP contribution is 2.51. The molecule has 0 spiro atoms. The highest BCUT2D eigenvalue weighted by atomic mass is 16.5. The van der Waals surface area contributed by atoms with Crippen molar-refractivity contribution >= 4 is 11.4 Å². The van der Waals surface area contributed by atoms with Gasteiger partial charge in [0.1, 0.15) is 5.54 Å². The number of fused-ring (bicyclic) bond motifs is 1. The summed E-state index contributed by atoms with van der Waals surface area (Å²) in [6.07, 6.45) is 4.22. The lowest BCUT2D eigenvalue weighted by molar-refractivity contribution is -0.220. The van der Waals surface area contributed by atoms with E-state index in [0.717, 1.165) is 48.2 Å². The molecule has 1 heterocycles. The van der Waals surface area contributed by atoms with Gasteiger partial charge in [-0.3, -0.25) is 4.99 Å². The summed E-state index contributed by atoms with van der Waals surface area (Å²) < 4.78 is 0. The molecule has 3 aromatic carbocycles. The molecule has 2 atom stereocenters. The van der Waals surface area contributed by atoms with Crippen molar-refractivity contribution < 1.29 is 5.21 Å². The monoisotopic (exact) mass is 381 g/mol. The lowest BCUT2D eigenvalue weighted by Gasteiger charge is -2.36. The molecular formula is C26H25N2O. The van der Waals surface area contributed by atoms with Crippen molar-refractivity contribution in [2.45, 2.75) is 37.3 Å². The molecule has 2 aliphatic rings. The first-order valence-electron chi connectivity index (χ1n) is 10.5. The molecule has 3 nitrogen and oxygen atoms in total. The van der Waals surface area contributed by atoms with Gasteiger partial charge in [0.15, 0.2) is 0 Å². The Hall–Kier alpha value is -2.75. The summed E-state index contributed by atoms with van der Waals surface area (Å²) in [5, 5.41) is 15.5. The minimum atomic E-state index is -0.877. The van der Waals surface area contributed by atoms with Crippen LogP contribution < -0.4 is 0 Å². The van der Waals surface area contributed by atoms with E-state index in [9.17, 15) is 5.21 Å². The van der Waals surface area contributed by atoms with E-state index in [1.165, 1.54) is 5.06 Å². The average molecular weight is 381 g/mol. The number of nitrogens with zero attached hydrogens (tertiary/aromatic N) is 2. The van der Waals surface area contributed by atoms with Gasteiger partial charge in [-0.2, -0.15) is 0 Å². The molecule has 3 heteroatoms. The highest BCUT2D eigenvalue weighted by Gasteiger charge is 2.59. The second-order valence-electron chi connectivity index (χ2n) is 8.06. The van der Waals surface area contributed by atoms with E-state index in [1.54, 1.807) is 0 Å². The molecule has 1 saturated heterocycles. The fourth-order valence-electron chi connectivity index (χ4n) is 5.22. The van der Waals surface area contributed by atoms with Gasteiger partial charge < -0.3 is 0 Å². The molecule has 1 aliphatic carbocycles. The second-order valence-corrected chi connectivity index (χ2v) is 8.06. The Morgan fingerprint density at radius 2 is 1.24 bits per heavy atom. The van der Waals surface area contributed by atoms with Gasteiger partial charge in [0, 0.05) is 12.0 Å². The largest absolute Gasteiger partial charge is 0.255 e. The summed E-state index contributed by atoms with van der Waals surface area (Å²) in [4.78, 5) is 5.17. The maximum atomic E-state index is 14.1. The Morgan fingerprint density at radius 1 is 0.724 bits per heavy atom. The molecule has 5 rings (SSSR count). The molecule has 0 N–H and O–H groups in total. The molecule has 0 bridgehead atoms. The van der Waals surface area contributed by atoms with Gasteiger partial charge in [0.05, 0.1) is 11.4 Å². The summed E-state index contributed by atoms with van der Waals surface area (Å²) in [5.74, 6) is 0.182. The van der Waals surface area contributed by atoms with Gasteiger partial charge in [0.25, 0.3) is 0 Å². The van der Waals surface area contributed by atoms with E-state index in [2.05, 4.69) is 24.3 Å². The van der Waals surface area contributed by atoms with Crippen LogP contribution in [-0.4, -0.2) is 16.8 Å². The zero-order valence-corrected chi connectivity index (χ0v) is 16.4. The third-order valence-electron chi connectivity index (χ3n) is 6.47. The smallest absolute Gasteiger partial charge is 0.138 e. The van der Waals surface area contributed by atoms with Gasteiger partial charge in [-0.15, -0.1) is 10.3 Å². The molecule has 1 aliphatic heterocycles. The highest BCUT2D eigenvalue weighted by molar-refractivity contribution is 6.03. The number of aliphatic imine (C=N–C) groups is 1. The molecule has 0 aromatic heterocycles. The molecule has 0 amide bonds. The van der Waals surface area contributed by atoms with Gasteiger partial charge >= 0.3 is 0 Å². The van der Waals surface area contributed by atoms with Crippen LogP contribution in [0.2, 0.25) is 0 Å². The number of hydrogen-bond donors (Lipinski definition) is 0. The Bertz CT molecular complexity index is 945. The summed E-state index contributed by atoms with van der Waals surface area (Å²) in [6.45, 7) is 0. The zero-order valence-electron chi connectivity index (χ0n) is 16.4. The number of hydrogen-bond acceptors (Lipinski definition) is 2. The normalized spacial score (nSPS) is 25.1. The predicted molar refractivity (Wildman–Crippen MR) is 115 cm³/mol. The van der Waals surface area contributed by atoms with Crippen LogP contribution in [0, 0.1) is 5.92 Å². The van der Waals surface area contributed by atoms with Crippen molar-refractivity contribution in [2.24, 2.45) is 10.9 Å². The Labute approximate surface area is 172 Å². The van der Waals surface area contributed by atoms with Crippen molar-refractivity contribution in [3.05, 3.63) is 102 Å². The van der Waals surface area contributed by atoms with Crippen molar-refractivity contribution in [1.29, 1.82) is 0 Å². The first-order valence-corrected chi connectivity index (χ1v) is 10.5. The first kappa shape index (κ1) is 18.3. The summed E-state index contributed by atoms with van der Waals surface area (Å²) >= 11 is 0. The van der Waals surface area contributed by atoms with Crippen LogP contribution in [0.5, 0.6) is 0 Å². The van der Waals surface area contributed by atoms with Crippen molar-refractivity contribution in [3.8, 4) is 0 Å². The number of benzene rings is 3. The van der Waals surface area contributed by atoms with E-state index < -0.39 is 5.54 Å². The van der Waals surface area contributed by atoms with Crippen LogP contribution >= 0.6 is 0 Å². The zero-order chi connectivity index (χ0) is 19.7. The molecule has 2 unspecified atom stereocenters. The average Bonchev–Trinajstić information content (AvgIpc) is 3.05. The summed E-state index contributed by atoms with van der Waals surface area (Å²) in [7, 11) is 0. The molecule has 145 valence electrons.